The van der Waals surface area contributed by atoms with Gasteiger partial charge in [0.2, 0.25) is 6.54 Å². The van der Waals surface area contributed by atoms with Gasteiger partial charge in [-0.05, 0) is 38.8 Å². The number of hydrogen-bond acceptors (Lipinski definition) is 3. The van der Waals surface area contributed by atoms with E-state index in [4.69, 9.17) is 9.78 Å². The molecular weight excluding hydrogens is 306 g/mol. The molecule has 130 valence electrons. The number of para-hydroxylation sites is 1. The molecule has 24 heavy (non-hydrogen) atoms. The van der Waals surface area contributed by atoms with E-state index >= 15 is 0 Å². The van der Waals surface area contributed by atoms with E-state index in [-0.39, 0.29) is 12.5 Å². The first kappa shape index (κ1) is 18.2. The molecule has 2 rings (SSSR count). The molecule has 0 unspecified atom stereocenters. The summed E-state index contributed by atoms with van der Waals surface area (Å²) in [7, 11) is 0. The maximum atomic E-state index is 12.4. The number of aryl methyl sites for hydroxylation is 3. The number of aromatic nitrogens is 2. The monoisotopic (exact) mass is 332 g/mol. The van der Waals surface area contributed by atoms with Crippen LogP contribution in [0.25, 0.3) is 0 Å². The minimum atomic E-state index is -0.0533. The van der Waals surface area contributed by atoms with Crippen LogP contribution in [0.15, 0.2) is 30.6 Å². The van der Waals surface area contributed by atoms with Crippen molar-refractivity contribution >= 4 is 11.6 Å². The largest absolute Gasteiger partial charge is 0.320 e. The number of carbonyl (C=O) groups excluding carboxylic acids is 1. The third-order valence-corrected chi connectivity index (χ3v) is 3.69. The van der Waals surface area contributed by atoms with Crippen LogP contribution in [-0.4, -0.2) is 23.8 Å². The number of nitrogens with one attached hydrogen (secondary N) is 1. The van der Waals surface area contributed by atoms with Crippen LogP contribution in [0.4, 0.5) is 5.69 Å². The van der Waals surface area contributed by atoms with Crippen molar-refractivity contribution in [1.82, 2.24) is 4.68 Å². The van der Waals surface area contributed by atoms with Crippen molar-refractivity contribution < 1.29 is 19.3 Å². The molecule has 0 saturated carbocycles. The number of benzene rings is 1. The second-order valence-electron chi connectivity index (χ2n) is 5.81. The summed E-state index contributed by atoms with van der Waals surface area (Å²) >= 11 is 0. The SMILES string of the molecule is CCOOCCn1cc(C)c[n+]1CC(=O)Nc1c(C)cccc1C. The molecule has 1 heterocycles. The second kappa shape index (κ2) is 8.61. The molecule has 0 bridgehead atoms. The molecule has 6 heteroatoms. The van der Waals surface area contributed by atoms with E-state index in [1.54, 1.807) is 0 Å². The van der Waals surface area contributed by atoms with Gasteiger partial charge in [-0.1, -0.05) is 18.2 Å². The molecule has 1 aromatic heterocycles. The van der Waals surface area contributed by atoms with Gasteiger partial charge in [-0.2, -0.15) is 4.68 Å². The Morgan fingerprint density at radius 3 is 2.58 bits per heavy atom. The molecule has 1 N–H and O–H groups in total. The molecule has 0 aliphatic rings. The maximum absolute atomic E-state index is 12.4. The first-order chi connectivity index (χ1) is 11.5. The van der Waals surface area contributed by atoms with Gasteiger partial charge in [0, 0.05) is 11.3 Å². The Morgan fingerprint density at radius 2 is 1.92 bits per heavy atom. The highest BCUT2D eigenvalue weighted by Crippen LogP contribution is 2.19. The van der Waals surface area contributed by atoms with Gasteiger partial charge >= 0.3 is 0 Å². The Labute approximate surface area is 142 Å². The zero-order chi connectivity index (χ0) is 17.5. The first-order valence-electron chi connectivity index (χ1n) is 8.18. The number of amides is 1. The van der Waals surface area contributed by atoms with Gasteiger partial charge in [-0.3, -0.25) is 4.79 Å². The van der Waals surface area contributed by atoms with Crippen molar-refractivity contribution in [2.75, 3.05) is 18.5 Å². The topological polar surface area (TPSA) is 56.4 Å². The minimum Gasteiger partial charge on any atom is -0.320 e. The summed E-state index contributed by atoms with van der Waals surface area (Å²) in [4.78, 5) is 22.4. The molecule has 2 aromatic rings. The van der Waals surface area contributed by atoms with Crippen molar-refractivity contribution in [2.45, 2.75) is 40.8 Å². The third-order valence-electron chi connectivity index (χ3n) is 3.69. The molecule has 1 aromatic carbocycles. The normalized spacial score (nSPS) is 10.8. The van der Waals surface area contributed by atoms with Crippen LogP contribution in [-0.2, 0) is 27.7 Å². The van der Waals surface area contributed by atoms with Crippen molar-refractivity contribution in [3.63, 3.8) is 0 Å². The fourth-order valence-electron chi connectivity index (χ4n) is 2.59. The molecule has 0 aliphatic carbocycles. The van der Waals surface area contributed by atoms with Gasteiger partial charge in [-0.15, -0.1) is 4.68 Å². The number of carbonyl (C=O) groups is 1. The summed E-state index contributed by atoms with van der Waals surface area (Å²) in [5, 5.41) is 3.01. The summed E-state index contributed by atoms with van der Waals surface area (Å²) in [6.45, 7) is 9.67. The Morgan fingerprint density at radius 1 is 1.21 bits per heavy atom. The van der Waals surface area contributed by atoms with Crippen molar-refractivity contribution in [2.24, 2.45) is 0 Å². The first-order valence-corrected chi connectivity index (χ1v) is 8.18. The zero-order valence-electron chi connectivity index (χ0n) is 14.8. The van der Waals surface area contributed by atoms with E-state index in [0.29, 0.717) is 19.8 Å². The lowest BCUT2D eigenvalue weighted by molar-refractivity contribution is -0.764. The number of hydrogen-bond donors (Lipinski definition) is 1. The third kappa shape index (κ3) is 4.91. The lowest BCUT2D eigenvalue weighted by atomic mass is 10.1. The molecule has 0 spiro atoms. The van der Waals surface area contributed by atoms with E-state index in [1.807, 2.05) is 67.7 Å². The van der Waals surface area contributed by atoms with Crippen LogP contribution in [0.2, 0.25) is 0 Å². The van der Waals surface area contributed by atoms with Crippen LogP contribution in [0.1, 0.15) is 23.6 Å². The summed E-state index contributed by atoms with van der Waals surface area (Å²) in [6, 6.07) is 5.98. The van der Waals surface area contributed by atoms with Crippen LogP contribution in [0.5, 0.6) is 0 Å². The Hall–Kier alpha value is -2.18. The quantitative estimate of drug-likeness (QED) is 0.349. The van der Waals surface area contributed by atoms with Crippen LogP contribution in [0.3, 0.4) is 0 Å². The summed E-state index contributed by atoms with van der Waals surface area (Å²) in [6.07, 6.45) is 3.94. The van der Waals surface area contributed by atoms with Crippen molar-refractivity contribution in [3.8, 4) is 0 Å². The molecule has 0 aliphatic heterocycles. The molecule has 0 saturated heterocycles. The number of rotatable bonds is 8. The van der Waals surface area contributed by atoms with Crippen LogP contribution < -0.4 is 10.00 Å². The van der Waals surface area contributed by atoms with Crippen LogP contribution in [0, 0.1) is 20.8 Å². The van der Waals surface area contributed by atoms with Gasteiger partial charge in [-0.25, -0.2) is 9.78 Å². The predicted octanol–water partition coefficient (Wildman–Crippen LogP) is 2.31. The van der Waals surface area contributed by atoms with E-state index in [0.717, 1.165) is 22.4 Å². The second-order valence-corrected chi connectivity index (χ2v) is 5.81. The highest BCUT2D eigenvalue weighted by Gasteiger charge is 2.17. The Bertz CT molecular complexity index is 675. The highest BCUT2D eigenvalue weighted by molar-refractivity contribution is 5.91. The molecule has 0 radical (unpaired) electrons. The summed E-state index contributed by atoms with van der Waals surface area (Å²) < 4.78 is 3.84. The molecule has 6 nitrogen and oxygen atoms in total. The fourth-order valence-corrected chi connectivity index (χ4v) is 2.59. The molecule has 0 fully saturated rings. The maximum Gasteiger partial charge on any atom is 0.292 e. The highest BCUT2D eigenvalue weighted by atomic mass is 17.2. The van der Waals surface area contributed by atoms with E-state index in [1.165, 1.54) is 0 Å². The number of anilines is 1. The number of nitrogens with zero attached hydrogens (tertiary/aromatic N) is 2. The van der Waals surface area contributed by atoms with E-state index in [9.17, 15) is 4.79 Å². The van der Waals surface area contributed by atoms with Gasteiger partial charge in [0.1, 0.15) is 13.2 Å². The zero-order valence-corrected chi connectivity index (χ0v) is 14.8. The standard InChI is InChI=1S/C18H25N3O3/c1-5-23-24-10-9-20-11-14(2)12-21(20)13-17(22)19-18-15(3)7-6-8-16(18)4/h6-8,11-12H,5,9-10,13H2,1-4H3/p+1. The van der Waals surface area contributed by atoms with Gasteiger partial charge < -0.3 is 5.32 Å². The Balaban J connectivity index is 2.01. The van der Waals surface area contributed by atoms with Gasteiger partial charge in [0.15, 0.2) is 6.20 Å². The van der Waals surface area contributed by atoms with Crippen LogP contribution >= 0.6 is 0 Å². The van der Waals surface area contributed by atoms with Crippen molar-refractivity contribution in [3.05, 3.63) is 47.3 Å². The minimum absolute atomic E-state index is 0.0533. The smallest absolute Gasteiger partial charge is 0.292 e. The fraction of sp³-hybridized carbons (Fsp3) is 0.444. The average molecular weight is 332 g/mol. The summed E-state index contributed by atoms with van der Waals surface area (Å²) in [5.41, 5.74) is 4.10. The molecule has 1 amide bonds. The van der Waals surface area contributed by atoms with Crippen molar-refractivity contribution in [1.29, 1.82) is 0 Å². The average Bonchev–Trinajstić information content (AvgIpc) is 2.87. The van der Waals surface area contributed by atoms with E-state index in [2.05, 4.69) is 5.32 Å². The Kier molecular flexibility index (Phi) is 6.52. The summed E-state index contributed by atoms with van der Waals surface area (Å²) in [5.74, 6) is -0.0533. The van der Waals surface area contributed by atoms with Gasteiger partial charge in [0.05, 0.1) is 12.8 Å². The van der Waals surface area contributed by atoms with Gasteiger partial charge in [0.25, 0.3) is 5.91 Å². The molecule has 0 atom stereocenters. The predicted molar refractivity (Wildman–Crippen MR) is 91.5 cm³/mol. The lowest BCUT2D eigenvalue weighted by Gasteiger charge is -2.10. The molecular formula is C18H26N3O3+. The van der Waals surface area contributed by atoms with E-state index < -0.39 is 0 Å². The lowest BCUT2D eigenvalue weighted by Crippen LogP contribution is -2.47.